The highest BCUT2D eigenvalue weighted by atomic mass is 32.2. The number of aliphatic hydroxyl groups excluding tert-OH is 1. The molecule has 2 aliphatic heterocycles. The molecule has 2 aliphatic rings. The van der Waals surface area contributed by atoms with E-state index in [4.69, 9.17) is 14.2 Å². The first-order chi connectivity index (χ1) is 18.2. The van der Waals surface area contributed by atoms with Gasteiger partial charge in [0.05, 0.1) is 37.3 Å². The first-order valence-corrected chi connectivity index (χ1v) is 13.8. The maximum Gasteiger partial charge on any atom is 0.295 e. The van der Waals surface area contributed by atoms with E-state index in [1.807, 2.05) is 0 Å². The molecule has 2 fully saturated rings. The molecular formula is C27H32N2O8S. The molecule has 0 bridgehead atoms. The minimum atomic E-state index is -3.66. The van der Waals surface area contributed by atoms with Gasteiger partial charge in [0.2, 0.25) is 10.0 Å². The van der Waals surface area contributed by atoms with Crippen LogP contribution in [0, 0.1) is 0 Å². The van der Waals surface area contributed by atoms with Crippen molar-refractivity contribution in [2.45, 2.75) is 30.2 Å². The monoisotopic (exact) mass is 544 g/mol. The van der Waals surface area contributed by atoms with E-state index < -0.39 is 33.5 Å². The Kier molecular flexibility index (Phi) is 8.39. The van der Waals surface area contributed by atoms with Crippen LogP contribution in [-0.2, 0) is 24.3 Å². The van der Waals surface area contributed by atoms with Gasteiger partial charge in [-0.2, -0.15) is 4.31 Å². The smallest absolute Gasteiger partial charge is 0.295 e. The number of carbonyl (C=O) groups excluding carboxylic acids is 2. The fourth-order valence-corrected chi connectivity index (χ4v) is 6.38. The van der Waals surface area contributed by atoms with Crippen molar-refractivity contribution in [1.82, 2.24) is 9.21 Å². The number of ketones is 1. The summed E-state index contributed by atoms with van der Waals surface area (Å²) in [5.41, 5.74) is 0.645. The lowest BCUT2D eigenvalue weighted by Gasteiger charge is -2.26. The number of sulfonamides is 1. The molecule has 1 atom stereocenters. The average Bonchev–Trinajstić information content (AvgIpc) is 3.20. The Morgan fingerprint density at radius 2 is 1.61 bits per heavy atom. The molecule has 1 amide bonds. The lowest BCUT2D eigenvalue weighted by molar-refractivity contribution is -0.140. The fraction of sp³-hybridized carbons (Fsp3) is 0.407. The summed E-state index contributed by atoms with van der Waals surface area (Å²) in [4.78, 5) is 27.6. The maximum atomic E-state index is 13.2. The molecule has 2 aromatic carbocycles. The van der Waals surface area contributed by atoms with Crippen LogP contribution in [0.2, 0.25) is 0 Å². The minimum Gasteiger partial charge on any atom is -0.507 e. The highest BCUT2D eigenvalue weighted by molar-refractivity contribution is 7.89. The zero-order valence-electron chi connectivity index (χ0n) is 21.7. The van der Waals surface area contributed by atoms with Crippen LogP contribution in [0.3, 0.4) is 0 Å². The standard InChI is InChI=1S/C27H32N2O8S/c1-35-16-15-29-24(19-9-12-21(36-2)22(17-19)37-3)23(26(31)27(29)32)25(30)18-7-10-20(11-8-18)38(33,34)28-13-5-4-6-14-28/h7-12,17,24,30H,4-6,13-16H2,1-3H3/t24-/m1/s1. The zero-order chi connectivity index (χ0) is 27.4. The number of methoxy groups -OCH3 is 3. The number of carbonyl (C=O) groups is 2. The quantitative estimate of drug-likeness (QED) is 0.291. The normalized spacial score (nSPS) is 20.1. The van der Waals surface area contributed by atoms with Crippen molar-refractivity contribution in [3.63, 3.8) is 0 Å². The molecule has 2 saturated heterocycles. The van der Waals surface area contributed by atoms with E-state index in [0.29, 0.717) is 30.2 Å². The van der Waals surface area contributed by atoms with Crippen LogP contribution in [-0.4, -0.2) is 82.0 Å². The van der Waals surface area contributed by atoms with Crippen LogP contribution in [0.25, 0.3) is 5.76 Å². The average molecular weight is 545 g/mol. The predicted octanol–water partition coefficient (Wildman–Crippen LogP) is 2.95. The third-order valence-corrected chi connectivity index (χ3v) is 8.79. The molecule has 2 heterocycles. The summed E-state index contributed by atoms with van der Waals surface area (Å²) in [6.07, 6.45) is 2.64. The Morgan fingerprint density at radius 3 is 2.21 bits per heavy atom. The zero-order valence-corrected chi connectivity index (χ0v) is 22.5. The van der Waals surface area contributed by atoms with Gasteiger partial charge >= 0.3 is 0 Å². The molecule has 0 saturated carbocycles. The summed E-state index contributed by atoms with van der Waals surface area (Å²) < 4.78 is 43.4. The van der Waals surface area contributed by atoms with Crippen molar-refractivity contribution >= 4 is 27.5 Å². The van der Waals surface area contributed by atoms with Gasteiger partial charge in [0.1, 0.15) is 5.76 Å². The van der Waals surface area contributed by atoms with Gasteiger partial charge in [-0.3, -0.25) is 9.59 Å². The third kappa shape index (κ3) is 5.13. The number of likely N-dealkylation sites (tertiary alicyclic amines) is 1. The number of Topliss-reactive ketones (excluding diaryl/α,β-unsaturated/α-hetero) is 1. The number of piperidine rings is 1. The number of hydrogen-bond donors (Lipinski definition) is 1. The van der Waals surface area contributed by atoms with E-state index in [9.17, 15) is 23.1 Å². The molecule has 4 rings (SSSR count). The fourth-order valence-electron chi connectivity index (χ4n) is 4.86. The van der Waals surface area contributed by atoms with Gasteiger partial charge in [-0.15, -0.1) is 0 Å². The molecule has 0 aliphatic carbocycles. The van der Waals surface area contributed by atoms with Crippen LogP contribution >= 0.6 is 0 Å². The molecule has 0 spiro atoms. The number of nitrogens with zero attached hydrogens (tertiary/aromatic N) is 2. The highest BCUT2D eigenvalue weighted by Gasteiger charge is 2.46. The Hall–Kier alpha value is -3.41. The number of benzene rings is 2. The second-order valence-electron chi connectivity index (χ2n) is 9.09. The molecule has 204 valence electrons. The van der Waals surface area contributed by atoms with E-state index in [2.05, 4.69) is 0 Å². The van der Waals surface area contributed by atoms with Gasteiger partial charge in [0.25, 0.3) is 11.7 Å². The number of rotatable bonds is 9. The van der Waals surface area contributed by atoms with Crippen LogP contribution < -0.4 is 9.47 Å². The van der Waals surface area contributed by atoms with Gasteiger partial charge in [0, 0.05) is 32.3 Å². The van der Waals surface area contributed by atoms with Crippen molar-refractivity contribution < 1.29 is 37.3 Å². The van der Waals surface area contributed by atoms with Crippen molar-refractivity contribution in [3.05, 3.63) is 59.2 Å². The lowest BCUT2D eigenvalue weighted by atomic mass is 9.95. The topological polar surface area (TPSA) is 123 Å². The first kappa shape index (κ1) is 27.6. The number of ether oxygens (including phenoxy) is 3. The van der Waals surface area contributed by atoms with Crippen LogP contribution in [0.1, 0.15) is 36.4 Å². The molecule has 0 unspecified atom stereocenters. The van der Waals surface area contributed by atoms with Crippen LogP contribution in [0.4, 0.5) is 0 Å². The Labute approximate surface area is 222 Å². The van der Waals surface area contributed by atoms with Crippen molar-refractivity contribution in [2.24, 2.45) is 0 Å². The van der Waals surface area contributed by atoms with Crippen LogP contribution in [0.15, 0.2) is 52.9 Å². The molecule has 11 heteroatoms. The van der Waals surface area contributed by atoms with E-state index >= 15 is 0 Å². The Morgan fingerprint density at radius 1 is 0.947 bits per heavy atom. The largest absolute Gasteiger partial charge is 0.507 e. The highest BCUT2D eigenvalue weighted by Crippen LogP contribution is 2.42. The van der Waals surface area contributed by atoms with Gasteiger partial charge in [-0.1, -0.05) is 12.5 Å². The van der Waals surface area contributed by atoms with Gasteiger partial charge < -0.3 is 24.2 Å². The lowest BCUT2D eigenvalue weighted by Crippen LogP contribution is -2.35. The minimum absolute atomic E-state index is 0.105. The van der Waals surface area contributed by atoms with Gasteiger partial charge in [-0.05, 0) is 54.8 Å². The number of hydrogen-bond acceptors (Lipinski definition) is 8. The van der Waals surface area contributed by atoms with Crippen molar-refractivity contribution in [2.75, 3.05) is 47.6 Å². The molecule has 2 aromatic rings. The van der Waals surface area contributed by atoms with Crippen molar-refractivity contribution in [3.8, 4) is 11.5 Å². The van der Waals surface area contributed by atoms with E-state index in [1.54, 1.807) is 18.2 Å². The summed E-state index contributed by atoms with van der Waals surface area (Å²) in [5, 5.41) is 11.3. The summed E-state index contributed by atoms with van der Waals surface area (Å²) in [6.45, 7) is 1.24. The maximum absolute atomic E-state index is 13.2. The number of aliphatic hydroxyl groups is 1. The van der Waals surface area contributed by atoms with Gasteiger partial charge in [-0.25, -0.2) is 8.42 Å². The summed E-state index contributed by atoms with van der Waals surface area (Å²) >= 11 is 0. The first-order valence-electron chi connectivity index (χ1n) is 12.3. The third-order valence-electron chi connectivity index (χ3n) is 6.88. The molecular weight excluding hydrogens is 512 g/mol. The summed E-state index contributed by atoms with van der Waals surface area (Å²) in [6, 6.07) is 9.79. The summed E-state index contributed by atoms with van der Waals surface area (Å²) in [7, 11) is 0.797. The molecule has 0 radical (unpaired) electrons. The Bertz CT molecular complexity index is 1330. The predicted molar refractivity (Wildman–Crippen MR) is 139 cm³/mol. The molecule has 1 N–H and O–H groups in total. The van der Waals surface area contributed by atoms with E-state index in [0.717, 1.165) is 19.3 Å². The SMILES string of the molecule is COCCN1C(=O)C(=O)C(=C(O)c2ccc(S(=O)(=O)N3CCCCC3)cc2)[C@H]1c1ccc(OC)c(OC)c1. The Balaban J connectivity index is 1.77. The second kappa shape index (κ2) is 11.5. The van der Waals surface area contributed by atoms with Crippen LogP contribution in [0.5, 0.6) is 11.5 Å². The number of amides is 1. The van der Waals surface area contributed by atoms with E-state index in [1.165, 1.54) is 54.8 Å². The molecule has 38 heavy (non-hydrogen) atoms. The van der Waals surface area contributed by atoms with Crippen molar-refractivity contribution in [1.29, 1.82) is 0 Å². The van der Waals surface area contributed by atoms with Gasteiger partial charge in [0.15, 0.2) is 11.5 Å². The second-order valence-corrected chi connectivity index (χ2v) is 11.0. The van der Waals surface area contributed by atoms with E-state index in [-0.39, 0.29) is 29.2 Å². The molecule has 10 nitrogen and oxygen atoms in total. The summed E-state index contributed by atoms with van der Waals surface area (Å²) in [5.74, 6) is -1.15. The molecule has 0 aromatic heterocycles.